The zero-order chi connectivity index (χ0) is 23.2. The molecule has 32 heavy (non-hydrogen) atoms. The number of carbonyl (C=O) groups is 2. The van der Waals surface area contributed by atoms with Crippen LogP contribution in [0, 0.1) is 11.3 Å². The van der Waals surface area contributed by atoms with Crippen molar-refractivity contribution in [1.82, 2.24) is 9.97 Å². The van der Waals surface area contributed by atoms with Gasteiger partial charge < -0.3 is 15.8 Å². The second-order valence-corrected chi connectivity index (χ2v) is 7.06. The molecule has 3 N–H and O–H groups in total. The average Bonchev–Trinajstić information content (AvgIpc) is 2.69. The number of ketones is 1. The highest BCUT2D eigenvalue weighted by atomic mass is 32.2. The van der Waals surface area contributed by atoms with Gasteiger partial charge in [-0.1, -0.05) is 25.6 Å². The van der Waals surface area contributed by atoms with E-state index in [2.05, 4.69) is 15.3 Å². The van der Waals surface area contributed by atoms with Crippen LogP contribution in [-0.4, -0.2) is 40.6 Å². The molecule has 0 radical (unpaired) electrons. The molecule has 2 rings (SSSR count). The first-order valence-corrected chi connectivity index (χ1v) is 9.98. The Hall–Kier alpha value is -3.33. The van der Waals surface area contributed by atoms with Gasteiger partial charge in [0.2, 0.25) is 5.95 Å². The van der Waals surface area contributed by atoms with E-state index >= 15 is 0 Å². The molecule has 1 heterocycles. The van der Waals surface area contributed by atoms with Gasteiger partial charge in [0.15, 0.2) is 11.6 Å². The number of benzene rings is 1. The van der Waals surface area contributed by atoms with Crippen LogP contribution >= 0.6 is 11.8 Å². The molecule has 0 bridgehead atoms. The molecule has 0 aliphatic rings. The normalized spacial score (nSPS) is 11.6. The predicted molar refractivity (Wildman–Crippen MR) is 114 cm³/mol. The van der Waals surface area contributed by atoms with Crippen molar-refractivity contribution in [3.8, 4) is 6.07 Å². The molecule has 0 aliphatic heterocycles. The number of hydrogen-bond acceptors (Lipinski definition) is 9. The Morgan fingerprint density at radius 3 is 2.59 bits per heavy atom. The number of alkyl halides is 3. The van der Waals surface area contributed by atoms with Crippen LogP contribution in [0.1, 0.15) is 31.0 Å². The van der Waals surface area contributed by atoms with Crippen molar-refractivity contribution < 1.29 is 27.5 Å². The molecule has 1 aromatic carbocycles. The second-order valence-electron chi connectivity index (χ2n) is 6.27. The number of nitriles is 1. The number of carbonyl (C=O) groups excluding carboxylic acids is 2. The Morgan fingerprint density at radius 2 is 2.03 bits per heavy atom. The van der Waals surface area contributed by atoms with E-state index in [9.17, 15) is 28.0 Å². The number of anilines is 2. The Labute approximate surface area is 187 Å². The quantitative estimate of drug-likeness (QED) is 0.339. The Kier molecular flexibility index (Phi) is 9.46. The van der Waals surface area contributed by atoms with Crippen molar-refractivity contribution in [2.45, 2.75) is 38.0 Å². The maximum absolute atomic E-state index is 12.9. The minimum absolute atomic E-state index is 0. The summed E-state index contributed by atoms with van der Waals surface area (Å²) in [5, 5.41) is 12.4. The lowest BCUT2D eigenvalue weighted by Gasteiger charge is -2.19. The minimum atomic E-state index is -4.55. The summed E-state index contributed by atoms with van der Waals surface area (Å²) in [7, 11) is 0. The van der Waals surface area contributed by atoms with E-state index in [0.717, 1.165) is 30.8 Å². The molecule has 1 aromatic heterocycles. The predicted octanol–water partition coefficient (Wildman–Crippen LogP) is 3.46. The molecule has 8 nitrogen and oxygen atoms in total. The topological polar surface area (TPSA) is 131 Å². The molecule has 2 aromatic rings. The molecule has 0 amide bonds. The highest BCUT2D eigenvalue weighted by Gasteiger charge is 2.31. The van der Waals surface area contributed by atoms with Gasteiger partial charge in [-0.3, -0.25) is 9.59 Å². The number of nitrogens with one attached hydrogen (secondary N) is 1. The number of rotatable bonds is 8. The van der Waals surface area contributed by atoms with Crippen LogP contribution in [0.25, 0.3) is 0 Å². The number of nitrogen functional groups attached to an aromatic ring is 1. The van der Waals surface area contributed by atoms with Gasteiger partial charge in [0.25, 0.3) is 0 Å². The summed E-state index contributed by atoms with van der Waals surface area (Å²) in [6.07, 6.45) is -3.26. The van der Waals surface area contributed by atoms with Crippen molar-refractivity contribution in [1.29, 1.82) is 5.26 Å². The monoisotopic (exact) mass is 469 g/mol. The van der Waals surface area contributed by atoms with Gasteiger partial charge >= 0.3 is 12.1 Å². The van der Waals surface area contributed by atoms with Gasteiger partial charge in [-0.2, -0.15) is 23.4 Å². The van der Waals surface area contributed by atoms with Gasteiger partial charge in [0, 0.05) is 13.3 Å². The lowest BCUT2D eigenvalue weighted by Crippen LogP contribution is -2.36. The van der Waals surface area contributed by atoms with Crippen molar-refractivity contribution in [3.63, 3.8) is 0 Å². The fraction of sp³-hybridized carbons (Fsp3) is 0.350. The van der Waals surface area contributed by atoms with Crippen LogP contribution in [-0.2, 0) is 26.9 Å². The molecule has 0 spiro atoms. The van der Waals surface area contributed by atoms with E-state index < -0.39 is 36.1 Å². The van der Waals surface area contributed by atoms with Gasteiger partial charge in [-0.05, 0) is 17.9 Å². The SMILES string of the molecule is C.CSc1nc(N)nc(N[C@@H](COC(C)=O)C(=O)Cc2cccc(C(F)(F)F)c2)c1C#N. The lowest BCUT2D eigenvalue weighted by molar-refractivity contribution is -0.142. The Morgan fingerprint density at radius 1 is 1.34 bits per heavy atom. The molecular weight excluding hydrogens is 447 g/mol. The first kappa shape index (κ1) is 26.7. The van der Waals surface area contributed by atoms with Crippen molar-refractivity contribution in [3.05, 3.63) is 41.0 Å². The highest BCUT2D eigenvalue weighted by molar-refractivity contribution is 7.98. The number of thioether (sulfide) groups is 1. The number of esters is 1. The zero-order valence-corrected chi connectivity index (χ0v) is 17.3. The zero-order valence-electron chi connectivity index (χ0n) is 16.5. The van der Waals surface area contributed by atoms with Gasteiger partial charge in [0.1, 0.15) is 29.3 Å². The van der Waals surface area contributed by atoms with Crippen LogP contribution in [0.15, 0.2) is 29.3 Å². The van der Waals surface area contributed by atoms with E-state index in [-0.39, 0.29) is 41.8 Å². The Bertz CT molecular complexity index is 1020. The van der Waals surface area contributed by atoms with E-state index in [1.54, 1.807) is 6.26 Å². The van der Waals surface area contributed by atoms with Crippen LogP contribution in [0.4, 0.5) is 24.9 Å². The molecule has 0 saturated heterocycles. The first-order valence-electron chi connectivity index (χ1n) is 8.75. The van der Waals surface area contributed by atoms with E-state index in [1.165, 1.54) is 12.1 Å². The molecule has 0 saturated carbocycles. The summed E-state index contributed by atoms with van der Waals surface area (Å²) in [4.78, 5) is 31.9. The molecule has 1 atom stereocenters. The van der Waals surface area contributed by atoms with Gasteiger partial charge in [-0.15, -0.1) is 11.8 Å². The number of aromatic nitrogens is 2. The van der Waals surface area contributed by atoms with Crippen LogP contribution < -0.4 is 11.1 Å². The number of Topliss-reactive ketones (excluding diaryl/α,β-unsaturated/α-hetero) is 1. The van der Waals surface area contributed by atoms with Crippen LogP contribution in [0.3, 0.4) is 0 Å². The third-order valence-electron chi connectivity index (χ3n) is 3.98. The molecule has 172 valence electrons. The summed E-state index contributed by atoms with van der Waals surface area (Å²) in [6.45, 7) is 0.722. The summed E-state index contributed by atoms with van der Waals surface area (Å²) in [6, 6.07) is 5.08. The van der Waals surface area contributed by atoms with E-state index in [0.29, 0.717) is 0 Å². The lowest BCUT2D eigenvalue weighted by atomic mass is 10.0. The third kappa shape index (κ3) is 7.12. The molecule has 12 heteroatoms. The van der Waals surface area contributed by atoms with Gasteiger partial charge in [0.05, 0.1) is 5.56 Å². The highest BCUT2D eigenvalue weighted by Crippen LogP contribution is 2.30. The summed E-state index contributed by atoms with van der Waals surface area (Å²) in [5.41, 5.74) is 4.92. The van der Waals surface area contributed by atoms with Crippen molar-refractivity contribution in [2.24, 2.45) is 0 Å². The molecular formula is C20H22F3N5O3S. The second kappa shape index (κ2) is 11.3. The maximum Gasteiger partial charge on any atom is 0.416 e. The minimum Gasteiger partial charge on any atom is -0.463 e. The fourth-order valence-corrected chi connectivity index (χ4v) is 3.10. The fourth-order valence-electron chi connectivity index (χ4n) is 2.57. The number of nitrogens with zero attached hydrogens (tertiary/aromatic N) is 3. The van der Waals surface area contributed by atoms with Crippen LogP contribution in [0.2, 0.25) is 0 Å². The third-order valence-corrected chi connectivity index (χ3v) is 4.67. The number of hydrogen-bond donors (Lipinski definition) is 2. The van der Waals surface area contributed by atoms with Crippen molar-refractivity contribution in [2.75, 3.05) is 23.9 Å². The summed E-state index contributed by atoms with van der Waals surface area (Å²) < 4.78 is 43.7. The maximum atomic E-state index is 12.9. The van der Waals surface area contributed by atoms with E-state index in [1.807, 2.05) is 6.07 Å². The number of halogens is 3. The van der Waals surface area contributed by atoms with Crippen molar-refractivity contribution >= 4 is 35.3 Å². The molecule has 0 unspecified atom stereocenters. The largest absolute Gasteiger partial charge is 0.463 e. The number of ether oxygens (including phenoxy) is 1. The smallest absolute Gasteiger partial charge is 0.416 e. The van der Waals surface area contributed by atoms with Crippen LogP contribution in [0.5, 0.6) is 0 Å². The summed E-state index contributed by atoms with van der Waals surface area (Å²) >= 11 is 1.14. The first-order chi connectivity index (χ1) is 14.5. The standard InChI is InChI=1S/C19H18F3N5O3S.CH4/c1-10(28)30-9-14(25-16-13(8-23)17(31-2)27-18(24)26-16)15(29)7-11-4-3-5-12(6-11)19(20,21)22;/h3-6,14H,7,9H2,1-2H3,(H3,24,25,26,27);1H4/t14-;/m0./s1. The van der Waals surface area contributed by atoms with Gasteiger partial charge in [-0.25, -0.2) is 4.98 Å². The van der Waals surface area contributed by atoms with E-state index in [4.69, 9.17) is 10.5 Å². The Balaban J connectivity index is 0.00000512. The summed E-state index contributed by atoms with van der Waals surface area (Å²) in [5.74, 6) is -1.44. The molecule has 0 fully saturated rings. The molecule has 0 aliphatic carbocycles. The number of nitrogens with two attached hydrogens (primary N) is 1. The average molecular weight is 469 g/mol.